The molecule has 16 heavy (non-hydrogen) atoms. The molecule has 5 nitrogen and oxygen atoms in total. The topological polar surface area (TPSA) is 64.6 Å². The van der Waals surface area contributed by atoms with Crippen molar-refractivity contribution in [1.29, 1.82) is 0 Å². The Balaban J connectivity index is 2.34. The van der Waals surface area contributed by atoms with Gasteiger partial charge in [-0.05, 0) is 34.0 Å². The normalized spacial score (nSPS) is 20.5. The van der Waals surface area contributed by atoms with Crippen molar-refractivity contribution < 1.29 is 9.90 Å². The third-order valence-electron chi connectivity index (χ3n) is 2.98. The zero-order valence-corrected chi connectivity index (χ0v) is 10.4. The molecule has 0 bridgehead atoms. The highest BCUT2D eigenvalue weighted by molar-refractivity contribution is 5.68. The maximum atomic E-state index is 10.8. The van der Waals surface area contributed by atoms with Gasteiger partial charge in [0.25, 0.3) is 0 Å². The summed E-state index contributed by atoms with van der Waals surface area (Å²) in [5.74, 6) is -0.728. The lowest BCUT2D eigenvalue weighted by Gasteiger charge is -2.44. The van der Waals surface area contributed by atoms with Crippen molar-refractivity contribution >= 4 is 5.97 Å². The smallest absolute Gasteiger partial charge is 0.305 e. The Hall–Kier alpha value is -0.650. The molecule has 1 saturated heterocycles. The van der Waals surface area contributed by atoms with Crippen molar-refractivity contribution in [3.8, 4) is 0 Å². The molecule has 0 saturated carbocycles. The number of carboxylic acids is 1. The molecule has 1 rings (SSSR count). The summed E-state index contributed by atoms with van der Waals surface area (Å²) in [6.07, 6.45) is 1.24. The number of carbonyl (C=O) groups is 1. The highest BCUT2D eigenvalue weighted by Gasteiger charge is 2.39. The van der Waals surface area contributed by atoms with Crippen molar-refractivity contribution in [2.75, 3.05) is 33.7 Å². The van der Waals surface area contributed by atoms with E-state index in [4.69, 9.17) is 5.11 Å². The Morgan fingerprint density at radius 1 is 1.56 bits per heavy atom. The molecule has 1 unspecified atom stereocenters. The maximum absolute atomic E-state index is 10.8. The van der Waals surface area contributed by atoms with Crippen LogP contribution in [-0.2, 0) is 4.79 Å². The van der Waals surface area contributed by atoms with Crippen molar-refractivity contribution in [3.05, 3.63) is 0 Å². The van der Waals surface area contributed by atoms with Crippen molar-refractivity contribution in [2.45, 2.75) is 31.3 Å². The Kier molecular flexibility index (Phi) is 4.70. The van der Waals surface area contributed by atoms with Crippen LogP contribution in [-0.4, -0.2) is 61.3 Å². The number of rotatable bonds is 7. The third-order valence-corrected chi connectivity index (χ3v) is 2.98. The van der Waals surface area contributed by atoms with Gasteiger partial charge in [-0.3, -0.25) is 4.79 Å². The molecule has 1 heterocycles. The average Bonchev–Trinajstić information content (AvgIpc) is 2.10. The minimum absolute atomic E-state index is 0.201. The van der Waals surface area contributed by atoms with Gasteiger partial charge < -0.3 is 20.6 Å². The average molecular weight is 229 g/mol. The van der Waals surface area contributed by atoms with Gasteiger partial charge in [-0.25, -0.2) is 0 Å². The van der Waals surface area contributed by atoms with E-state index in [1.165, 1.54) is 0 Å². The van der Waals surface area contributed by atoms with Gasteiger partial charge in [0.15, 0.2) is 0 Å². The molecule has 3 N–H and O–H groups in total. The fourth-order valence-electron chi connectivity index (χ4n) is 2.04. The molecule has 0 spiro atoms. The van der Waals surface area contributed by atoms with E-state index in [1.807, 2.05) is 14.1 Å². The van der Waals surface area contributed by atoms with E-state index in [-0.39, 0.29) is 12.0 Å². The van der Waals surface area contributed by atoms with Crippen LogP contribution >= 0.6 is 0 Å². The third kappa shape index (κ3) is 4.08. The van der Waals surface area contributed by atoms with Crippen molar-refractivity contribution in [3.63, 3.8) is 0 Å². The van der Waals surface area contributed by atoms with Crippen LogP contribution < -0.4 is 10.6 Å². The summed E-state index contributed by atoms with van der Waals surface area (Å²) in [7, 11) is 4.09. The molecule has 0 aromatic heterocycles. The second-order valence-electron chi connectivity index (χ2n) is 5.09. The summed E-state index contributed by atoms with van der Waals surface area (Å²) in [6.45, 7) is 4.65. The van der Waals surface area contributed by atoms with E-state index in [2.05, 4.69) is 22.5 Å². The number of nitrogens with zero attached hydrogens (tertiary/aromatic N) is 1. The van der Waals surface area contributed by atoms with Crippen LogP contribution in [0.25, 0.3) is 0 Å². The Morgan fingerprint density at radius 3 is 2.56 bits per heavy atom. The summed E-state index contributed by atoms with van der Waals surface area (Å²) >= 11 is 0. The first-order valence-corrected chi connectivity index (χ1v) is 5.78. The first-order chi connectivity index (χ1) is 7.43. The fourth-order valence-corrected chi connectivity index (χ4v) is 2.04. The molecule has 1 atom stereocenters. The van der Waals surface area contributed by atoms with Crippen molar-refractivity contribution in [2.24, 2.45) is 0 Å². The second kappa shape index (κ2) is 5.61. The van der Waals surface area contributed by atoms with Crippen LogP contribution in [0, 0.1) is 0 Å². The maximum Gasteiger partial charge on any atom is 0.305 e. The highest BCUT2D eigenvalue weighted by atomic mass is 16.4. The van der Waals surface area contributed by atoms with Gasteiger partial charge in [-0.15, -0.1) is 0 Å². The Morgan fingerprint density at radius 2 is 2.19 bits per heavy atom. The quantitative estimate of drug-likeness (QED) is 0.561. The number of hydrogen-bond donors (Lipinski definition) is 3. The van der Waals surface area contributed by atoms with Crippen LogP contribution in [0.3, 0.4) is 0 Å². The van der Waals surface area contributed by atoms with Gasteiger partial charge >= 0.3 is 5.97 Å². The van der Waals surface area contributed by atoms with Crippen LogP contribution in [0.5, 0.6) is 0 Å². The molecular formula is C11H23N3O2. The number of aliphatic carboxylic acids is 1. The van der Waals surface area contributed by atoms with Gasteiger partial charge in [0.2, 0.25) is 0 Å². The molecule has 1 aliphatic heterocycles. The summed E-state index contributed by atoms with van der Waals surface area (Å²) in [5.41, 5.74) is -0.225. The first-order valence-electron chi connectivity index (χ1n) is 5.78. The predicted molar refractivity (Wildman–Crippen MR) is 63.6 cm³/mol. The van der Waals surface area contributed by atoms with E-state index < -0.39 is 5.97 Å². The van der Waals surface area contributed by atoms with Crippen LogP contribution in [0.4, 0.5) is 0 Å². The molecule has 0 amide bonds. The lowest BCUT2D eigenvalue weighted by molar-refractivity contribution is -0.139. The van der Waals surface area contributed by atoms with Gasteiger partial charge in [-0.2, -0.15) is 0 Å². The van der Waals surface area contributed by atoms with E-state index in [0.29, 0.717) is 6.04 Å². The van der Waals surface area contributed by atoms with Crippen LogP contribution in [0.2, 0.25) is 0 Å². The molecule has 1 fully saturated rings. The second-order valence-corrected chi connectivity index (χ2v) is 5.09. The predicted octanol–water partition coefficient (Wildman–Crippen LogP) is -0.267. The molecule has 1 aliphatic rings. The van der Waals surface area contributed by atoms with Gasteiger partial charge in [0.1, 0.15) is 0 Å². The summed E-state index contributed by atoms with van der Waals surface area (Å²) in [4.78, 5) is 12.9. The van der Waals surface area contributed by atoms with Crippen molar-refractivity contribution in [1.82, 2.24) is 15.5 Å². The lowest BCUT2D eigenvalue weighted by atomic mass is 9.87. The zero-order chi connectivity index (χ0) is 12.2. The number of nitrogens with one attached hydrogen (secondary N) is 2. The first kappa shape index (κ1) is 13.4. The van der Waals surface area contributed by atoms with Gasteiger partial charge in [-0.1, -0.05) is 0 Å². The SMILES string of the molecule is CC(CCN(C)C)NC1(CC(=O)O)CNC1. The van der Waals surface area contributed by atoms with Crippen LogP contribution in [0.1, 0.15) is 19.8 Å². The molecule has 94 valence electrons. The summed E-state index contributed by atoms with van der Waals surface area (Å²) in [6, 6.07) is 0.351. The number of carboxylic acid groups (broad SMARTS) is 1. The van der Waals surface area contributed by atoms with E-state index >= 15 is 0 Å². The summed E-state index contributed by atoms with van der Waals surface area (Å²) < 4.78 is 0. The van der Waals surface area contributed by atoms with E-state index in [1.54, 1.807) is 0 Å². The fraction of sp³-hybridized carbons (Fsp3) is 0.909. The Labute approximate surface area is 97.2 Å². The van der Waals surface area contributed by atoms with E-state index in [9.17, 15) is 4.79 Å². The number of hydrogen-bond acceptors (Lipinski definition) is 4. The lowest BCUT2D eigenvalue weighted by Crippen LogP contribution is -2.70. The largest absolute Gasteiger partial charge is 0.481 e. The molecule has 5 heteroatoms. The minimum atomic E-state index is -0.728. The standard InChI is InChI=1S/C11H23N3O2/c1-9(4-5-14(2)3)13-11(6-10(15)16)7-12-8-11/h9,12-13H,4-8H2,1-3H3,(H,15,16). The zero-order valence-electron chi connectivity index (χ0n) is 10.4. The highest BCUT2D eigenvalue weighted by Crippen LogP contribution is 2.17. The molecule has 0 aliphatic carbocycles. The Bertz CT molecular complexity index is 239. The van der Waals surface area contributed by atoms with Gasteiger partial charge in [0.05, 0.1) is 12.0 Å². The summed E-state index contributed by atoms with van der Waals surface area (Å²) in [5, 5.41) is 15.5. The van der Waals surface area contributed by atoms with E-state index in [0.717, 1.165) is 26.1 Å². The molecule has 0 radical (unpaired) electrons. The minimum Gasteiger partial charge on any atom is -0.481 e. The van der Waals surface area contributed by atoms with Crippen LogP contribution in [0.15, 0.2) is 0 Å². The monoisotopic (exact) mass is 229 g/mol. The van der Waals surface area contributed by atoms with Gasteiger partial charge in [0, 0.05) is 19.1 Å². The molecular weight excluding hydrogens is 206 g/mol. The molecule has 0 aromatic carbocycles. The molecule has 0 aromatic rings.